The van der Waals surface area contributed by atoms with E-state index < -0.39 is 200 Å². The van der Waals surface area contributed by atoms with Crippen LogP contribution in [0.2, 0.25) is 0 Å². The number of carbonyl (C=O) groups is 1. The van der Waals surface area contributed by atoms with Gasteiger partial charge in [0.25, 0.3) is 25.5 Å². The lowest BCUT2D eigenvalue weighted by Crippen LogP contribution is -2.57. The summed E-state index contributed by atoms with van der Waals surface area (Å²) in [4.78, 5) is 124. The number of phosphoric acid groups is 1. The second-order valence-corrected chi connectivity index (χ2v) is 37.5. The van der Waals surface area contributed by atoms with Crippen molar-refractivity contribution in [3.8, 4) is 0 Å². The molecule has 14 rings (SSSR count). The minimum atomic E-state index is -5.90. The smallest absolute Gasteiger partial charge is 0.351 e. The van der Waals surface area contributed by atoms with Crippen LogP contribution in [0.3, 0.4) is 0 Å². The number of aromatic nitrogens is 14. The zero-order chi connectivity index (χ0) is 84.9. The second kappa shape index (κ2) is 36.4. The summed E-state index contributed by atoms with van der Waals surface area (Å²) < 4.78 is 159. The molecule has 0 aromatic carbocycles. The van der Waals surface area contributed by atoms with Crippen LogP contribution >= 0.6 is 28.1 Å². The SMILES string of the molecule is CC[C@H]1O[C@@H](n2cnc3c(N)ncnc32)C[C@H]1OP([O-])(=S)OC[C@]12O[C@@H]([N+]3=C(C)C(=N)NC(=O)C3)C(O[C@H]1C)[C@H]2OP(=O)([O-])OC[C@H]1O[C@@H](n2cnc3c(N)ncnc32)C(OCCOC)[C@H]1OP(=O)([S-])OC[C@H]1O[C@@H](n2cnc3c(=O)[nH]c(N)nc32)C(OCCOC)[C@H]1OP([O-])(=S)OC[C@H]1O[C@@H](n2cc(C)c(N)nc2=O)C(OCCOC)[C@H]1O. The molecule has 7 aliphatic heterocycles. The number of hydrogen-bond acceptors (Lipinski definition) is 46. The molecule has 652 valence electrons. The van der Waals surface area contributed by atoms with Crippen LogP contribution < -0.4 is 54.2 Å². The third-order valence-electron chi connectivity index (χ3n) is 20.6. The first-order valence-corrected chi connectivity index (χ1v) is 45.7. The number of nitrogens with two attached hydrogens (primary N) is 4. The van der Waals surface area contributed by atoms with Gasteiger partial charge in [0.2, 0.25) is 18.2 Å². The number of nitrogen functional groups attached to an aromatic ring is 4. The number of hydrogen-bond donors (Lipinski definition) is 8. The molecule has 57 heteroatoms. The summed E-state index contributed by atoms with van der Waals surface area (Å²) in [7, 11) is -1.75. The maximum Gasteiger partial charge on any atom is 0.351 e. The lowest BCUT2D eigenvalue weighted by Gasteiger charge is -2.39. The van der Waals surface area contributed by atoms with Crippen molar-refractivity contribution >= 4 is 138 Å². The Morgan fingerprint density at radius 3 is 1.84 bits per heavy atom. The maximum atomic E-state index is 15.4. The van der Waals surface area contributed by atoms with Gasteiger partial charge < -0.3 is 153 Å². The first-order chi connectivity index (χ1) is 56.6. The fourth-order valence-corrected chi connectivity index (χ4v) is 20.0. The number of nitrogens with zero attached hydrogens (tertiary/aromatic N) is 14. The largest absolute Gasteiger partial charge is 0.780 e. The highest BCUT2D eigenvalue weighted by molar-refractivity contribution is 8.32. The number of carbonyl (C=O) groups excluding carboxylic acids is 1. The van der Waals surface area contributed by atoms with Gasteiger partial charge in [-0.25, -0.2) is 39.7 Å². The second-order valence-electron chi connectivity index (χ2n) is 28.0. The Hall–Kier alpha value is -6.51. The van der Waals surface area contributed by atoms with E-state index in [1.165, 1.54) is 74.1 Å². The third kappa shape index (κ3) is 18.7. The summed E-state index contributed by atoms with van der Waals surface area (Å²) in [6.45, 7) is -13.5. The first-order valence-electron chi connectivity index (χ1n) is 36.6. The van der Waals surface area contributed by atoms with E-state index >= 15 is 14.0 Å². The van der Waals surface area contributed by atoms with Gasteiger partial charge in [-0.05, 0) is 20.3 Å². The highest BCUT2D eigenvalue weighted by Gasteiger charge is 2.71. The Bertz CT molecular complexity index is 5270. The van der Waals surface area contributed by atoms with Crippen molar-refractivity contribution in [3.05, 3.63) is 64.2 Å². The molecule has 119 heavy (non-hydrogen) atoms. The van der Waals surface area contributed by atoms with Crippen molar-refractivity contribution in [2.45, 2.75) is 163 Å². The topological polar surface area (TPSA) is 654 Å². The number of anilines is 4. The van der Waals surface area contributed by atoms with Crippen molar-refractivity contribution in [1.29, 1.82) is 5.41 Å². The first kappa shape index (κ1) is 88.8. The molecule has 0 radical (unpaired) electrons. The van der Waals surface area contributed by atoms with Crippen molar-refractivity contribution in [2.75, 3.05) is 117 Å². The van der Waals surface area contributed by atoms with Gasteiger partial charge in [-0.2, -0.15) is 14.5 Å². The van der Waals surface area contributed by atoms with E-state index in [4.69, 9.17) is 157 Å². The number of H-pyrrole nitrogens is 1. The molecule has 6 fully saturated rings. The van der Waals surface area contributed by atoms with Crippen LogP contribution in [0.5, 0.6) is 0 Å². The van der Waals surface area contributed by atoms with Crippen LogP contribution in [0.4, 0.5) is 23.4 Å². The highest BCUT2D eigenvalue weighted by atomic mass is 32.7. The fourth-order valence-electron chi connectivity index (χ4n) is 14.8. The average Bonchev–Trinajstić information content (AvgIpc) is 1.54. The zero-order valence-corrected chi connectivity index (χ0v) is 70.1. The monoisotopic (exact) mass is 1810 g/mol. The lowest BCUT2D eigenvalue weighted by atomic mass is 9.94. The van der Waals surface area contributed by atoms with Gasteiger partial charge in [0, 0.05) is 46.4 Å². The molecule has 0 spiro atoms. The predicted octanol–water partition coefficient (Wildman–Crippen LogP) is -3.10. The van der Waals surface area contributed by atoms with Gasteiger partial charge in [-0.1, -0.05) is 30.5 Å². The summed E-state index contributed by atoms with van der Waals surface area (Å²) in [5.41, 5.74) is 21.4. The quantitative estimate of drug-likeness (QED) is 0.00822. The maximum absolute atomic E-state index is 15.4. The number of aryl methyl sites for hydroxylation is 1. The van der Waals surface area contributed by atoms with Crippen LogP contribution in [0, 0.1) is 12.3 Å². The molecule has 14 heterocycles. The van der Waals surface area contributed by atoms with Crippen LogP contribution in [0.15, 0.2) is 47.4 Å². The van der Waals surface area contributed by atoms with Crippen molar-refractivity contribution in [3.63, 3.8) is 0 Å². The number of fused-ring (bicyclic) bond motifs is 5. The number of amides is 1. The Kier molecular flexibility index (Phi) is 27.1. The summed E-state index contributed by atoms with van der Waals surface area (Å²) in [6.07, 6.45) is -19.4. The molecule has 8 unspecified atom stereocenters. The number of phosphoric ester groups is 1. The standard InChI is InChI=1S/C62H87N21O29P4S3/c1-8-30-31(15-36(104-30)81-24-72-37-50(65)68-22-70-52(37)81)109-116(92,119)102-21-62-29(4)103-46(59(108-62)79-17-35(84)75-49(64)28(79)3)47(62)112-113(88,89)99-19-33-41(44(97-13-10-94-6)57(106-33)82-25-73-38-51(66)69-23-71-53(38)82)110-115(91,118)101-20-34-42(45(98-14-11-95-7)58(107-34)83-26-74-39-54(83)77-60(67)78-55(39)86)111-114(90,117)100-18-32-40(85)43(96-12-9-93-5)56(105-32)80-16-27(2)48(63)76-61(80)87/h16,22-26,29-34,36,40-47,56-59,85H,8-15,17-21H2,1-7H3,(H14-,63,64,65,66,67,68,69,70,71,75,76,77,78,84,86,87,88,89,90,91,92,117,118,119)/p-3/t29-,30+,31+,32+,33+,34+,36+,40-,41-,42-,43?,44?,45?,46?,47+,56+,57+,58+,59+,62-,114?,115?,116?/m0/s1. The molecule has 1 amide bonds. The van der Waals surface area contributed by atoms with Crippen LogP contribution in [0.1, 0.15) is 64.1 Å². The Morgan fingerprint density at radius 1 is 0.655 bits per heavy atom. The van der Waals surface area contributed by atoms with E-state index in [-0.39, 0.29) is 103 Å². The number of aliphatic hydroxyl groups is 1. The minimum Gasteiger partial charge on any atom is -0.780 e. The molecule has 6 saturated heterocycles. The predicted molar refractivity (Wildman–Crippen MR) is 409 cm³/mol. The van der Waals surface area contributed by atoms with Gasteiger partial charge in [0.15, 0.2) is 77.1 Å². The van der Waals surface area contributed by atoms with Gasteiger partial charge in [-0.15, -0.1) is 0 Å². The van der Waals surface area contributed by atoms with Crippen molar-refractivity contribution in [1.82, 2.24) is 73.4 Å². The number of imidazole rings is 3. The molecule has 7 aromatic rings. The van der Waals surface area contributed by atoms with Crippen molar-refractivity contribution < 1.29 is 131 Å². The van der Waals surface area contributed by atoms with Crippen LogP contribution in [-0.2, 0) is 143 Å². The van der Waals surface area contributed by atoms with Gasteiger partial charge >= 0.3 is 5.69 Å². The Morgan fingerprint density at radius 2 is 1.21 bits per heavy atom. The van der Waals surface area contributed by atoms with Crippen molar-refractivity contribution in [2.24, 2.45) is 0 Å². The number of aliphatic hydroxyl groups excluding tert-OH is 1. The van der Waals surface area contributed by atoms with E-state index in [0.717, 1.165) is 17.2 Å². The number of nitrogens with one attached hydrogen (secondary N) is 3. The zero-order valence-electron chi connectivity index (χ0n) is 64.1. The van der Waals surface area contributed by atoms with E-state index in [2.05, 4.69) is 55.2 Å². The lowest BCUT2D eigenvalue weighted by molar-refractivity contribution is -0.621. The third-order valence-corrected chi connectivity index (χ3v) is 26.1. The van der Waals surface area contributed by atoms with Gasteiger partial charge in [0.05, 0.1) is 103 Å². The number of rotatable bonds is 38. The summed E-state index contributed by atoms with van der Waals surface area (Å²) in [6, 6.07) is 0. The molecular formula is C62H84N21O29P4S3-3. The molecule has 50 nitrogen and oxygen atoms in total. The van der Waals surface area contributed by atoms with E-state index in [9.17, 15) is 29.3 Å². The molecule has 2 bridgehead atoms. The van der Waals surface area contributed by atoms with Gasteiger partial charge in [0.1, 0.15) is 110 Å². The number of amidine groups is 1. The normalized spacial score (nSPS) is 31.7. The van der Waals surface area contributed by atoms with Crippen LogP contribution in [0.25, 0.3) is 33.5 Å². The molecular weight excluding hydrogens is 1720 g/mol. The molecule has 7 aliphatic rings. The highest BCUT2D eigenvalue weighted by Crippen LogP contribution is 2.58. The molecule has 0 saturated carbocycles. The Labute approximate surface area is 688 Å². The summed E-state index contributed by atoms with van der Waals surface area (Å²) >= 11 is 16.8. The molecule has 12 N–H and O–H groups in total. The van der Waals surface area contributed by atoms with Crippen LogP contribution in [-0.4, -0.2) is 286 Å². The molecule has 7 aromatic heterocycles. The summed E-state index contributed by atoms with van der Waals surface area (Å²) in [5, 5.41) is 22.8. The number of aromatic amines is 1. The molecule has 24 atom stereocenters. The van der Waals surface area contributed by atoms with Gasteiger partial charge in [-0.3, -0.25) is 47.4 Å². The average molecular weight is 1810 g/mol. The van der Waals surface area contributed by atoms with E-state index in [1.807, 2.05) is 0 Å². The Balaban J connectivity index is 0.745. The molecule has 0 aliphatic carbocycles. The van der Waals surface area contributed by atoms with E-state index in [0.29, 0.717) is 23.1 Å². The fraction of sp³-hybridized carbons (Fsp3) is 0.645. The number of methoxy groups -OCH3 is 3. The minimum absolute atomic E-state index is 0.0394. The van der Waals surface area contributed by atoms with E-state index in [1.54, 1.807) is 18.4 Å². The number of ether oxygens (including phenoxy) is 12. The summed E-state index contributed by atoms with van der Waals surface area (Å²) in [5.74, 6) is -1.34.